The summed E-state index contributed by atoms with van der Waals surface area (Å²) in [5.74, 6) is 1.44. The van der Waals surface area contributed by atoms with Crippen molar-refractivity contribution >= 4 is 10.0 Å². The van der Waals surface area contributed by atoms with Crippen LogP contribution in [0.1, 0.15) is 23.9 Å². The summed E-state index contributed by atoms with van der Waals surface area (Å²) in [6.07, 6.45) is 0. The fraction of sp³-hybridized carbons (Fsp3) is 0.400. The van der Waals surface area contributed by atoms with Crippen molar-refractivity contribution in [1.29, 1.82) is 0 Å². The topological polar surface area (TPSA) is 90.7 Å². The van der Waals surface area contributed by atoms with E-state index in [9.17, 15) is 8.42 Å². The van der Waals surface area contributed by atoms with Gasteiger partial charge in [-0.05, 0) is 38.5 Å². The minimum atomic E-state index is -3.69. The minimum absolute atomic E-state index is 0.0791. The molecule has 0 bridgehead atoms. The number of nitrogens with zero attached hydrogens (tertiary/aromatic N) is 1. The van der Waals surface area contributed by atoms with Gasteiger partial charge >= 0.3 is 0 Å². The predicted molar refractivity (Wildman–Crippen MR) is 84.2 cm³/mol. The molecule has 2 aromatic rings. The van der Waals surface area contributed by atoms with Crippen molar-refractivity contribution in [3.05, 3.63) is 35.2 Å². The Morgan fingerprint density at radius 3 is 2.57 bits per heavy atom. The first kappa shape index (κ1) is 17.3. The lowest BCUT2D eigenvalue weighted by Gasteiger charge is -2.11. The molecular weight excluding hydrogens is 320 g/mol. The van der Waals surface area contributed by atoms with Crippen LogP contribution in [0, 0.1) is 13.8 Å². The molecule has 1 N–H and O–H groups in total. The molecule has 0 aliphatic heterocycles. The van der Waals surface area contributed by atoms with E-state index in [1.807, 2.05) is 6.92 Å². The highest BCUT2D eigenvalue weighted by atomic mass is 32.2. The van der Waals surface area contributed by atoms with Gasteiger partial charge in [0.15, 0.2) is 17.3 Å². The lowest BCUT2D eigenvalue weighted by molar-refractivity contribution is 0.310. The van der Waals surface area contributed by atoms with Gasteiger partial charge in [0.25, 0.3) is 0 Å². The first-order valence-electron chi connectivity index (χ1n) is 7.11. The van der Waals surface area contributed by atoms with E-state index in [0.29, 0.717) is 23.8 Å². The third kappa shape index (κ3) is 3.83. The van der Waals surface area contributed by atoms with E-state index in [1.165, 1.54) is 7.11 Å². The van der Waals surface area contributed by atoms with Crippen LogP contribution in [0.5, 0.6) is 11.5 Å². The number of sulfonamides is 1. The summed E-state index contributed by atoms with van der Waals surface area (Å²) in [5.41, 5.74) is 1.08. The Kier molecular flexibility index (Phi) is 5.27. The van der Waals surface area contributed by atoms with Gasteiger partial charge in [0.05, 0.1) is 13.7 Å². The van der Waals surface area contributed by atoms with Crippen molar-refractivity contribution < 1.29 is 22.4 Å². The van der Waals surface area contributed by atoms with Gasteiger partial charge in [-0.15, -0.1) is 0 Å². The standard InChI is InChI=1S/C15H20N2O5S/c1-5-21-13-7-6-12(8-14(13)20-4)9-16-23(18,19)15-10(2)17-22-11(15)3/h6-8,16H,5,9H2,1-4H3. The summed E-state index contributed by atoms with van der Waals surface area (Å²) in [5, 5.41) is 3.67. The molecule has 0 saturated carbocycles. The maximum absolute atomic E-state index is 12.4. The Labute approximate surface area is 135 Å². The Morgan fingerprint density at radius 1 is 1.26 bits per heavy atom. The third-order valence-electron chi connectivity index (χ3n) is 3.23. The van der Waals surface area contributed by atoms with Crippen LogP contribution in [0.15, 0.2) is 27.6 Å². The molecule has 126 valence electrons. The van der Waals surface area contributed by atoms with Crippen LogP contribution in [0.25, 0.3) is 0 Å². The molecule has 0 aliphatic rings. The number of aromatic nitrogens is 1. The van der Waals surface area contributed by atoms with E-state index in [4.69, 9.17) is 14.0 Å². The largest absolute Gasteiger partial charge is 0.493 e. The predicted octanol–water partition coefficient (Wildman–Crippen LogP) is 2.18. The van der Waals surface area contributed by atoms with Gasteiger partial charge < -0.3 is 14.0 Å². The molecule has 0 saturated heterocycles. The molecule has 2 rings (SSSR count). The van der Waals surface area contributed by atoms with Crippen molar-refractivity contribution in [3.63, 3.8) is 0 Å². The van der Waals surface area contributed by atoms with Gasteiger partial charge in [-0.2, -0.15) is 0 Å². The molecule has 8 heteroatoms. The summed E-state index contributed by atoms with van der Waals surface area (Å²) in [4.78, 5) is 0.0791. The fourth-order valence-electron chi connectivity index (χ4n) is 2.21. The van der Waals surface area contributed by atoms with Crippen molar-refractivity contribution in [2.24, 2.45) is 0 Å². The van der Waals surface area contributed by atoms with Crippen LogP contribution < -0.4 is 14.2 Å². The van der Waals surface area contributed by atoms with Gasteiger partial charge in [0, 0.05) is 6.54 Å². The summed E-state index contributed by atoms with van der Waals surface area (Å²) >= 11 is 0. The lowest BCUT2D eigenvalue weighted by atomic mass is 10.2. The maximum Gasteiger partial charge on any atom is 0.246 e. The van der Waals surface area contributed by atoms with Gasteiger partial charge in [-0.3, -0.25) is 0 Å². The average molecular weight is 340 g/mol. The Bertz CT molecular complexity index is 764. The van der Waals surface area contributed by atoms with E-state index < -0.39 is 10.0 Å². The second-order valence-electron chi connectivity index (χ2n) is 4.90. The van der Waals surface area contributed by atoms with E-state index in [2.05, 4.69) is 9.88 Å². The van der Waals surface area contributed by atoms with E-state index in [0.717, 1.165) is 5.56 Å². The number of aryl methyl sites for hydroxylation is 2. The molecular formula is C15H20N2O5S. The second kappa shape index (κ2) is 7.01. The summed E-state index contributed by atoms with van der Waals surface area (Å²) in [6, 6.07) is 5.27. The van der Waals surface area contributed by atoms with Gasteiger partial charge in [-0.1, -0.05) is 11.2 Å². The summed E-state index contributed by atoms with van der Waals surface area (Å²) in [6.45, 7) is 5.67. The highest BCUT2D eigenvalue weighted by Gasteiger charge is 2.23. The van der Waals surface area contributed by atoms with Crippen LogP contribution in [0.3, 0.4) is 0 Å². The van der Waals surface area contributed by atoms with Crippen LogP contribution in [-0.4, -0.2) is 27.3 Å². The quantitative estimate of drug-likeness (QED) is 0.831. The maximum atomic E-state index is 12.4. The number of benzene rings is 1. The second-order valence-corrected chi connectivity index (χ2v) is 6.60. The van der Waals surface area contributed by atoms with Crippen LogP contribution in [0.2, 0.25) is 0 Å². The molecule has 0 spiro atoms. The first-order valence-corrected chi connectivity index (χ1v) is 8.59. The number of nitrogens with one attached hydrogen (secondary N) is 1. The number of methoxy groups -OCH3 is 1. The Hall–Kier alpha value is -2.06. The number of rotatable bonds is 7. The zero-order valence-electron chi connectivity index (χ0n) is 13.5. The van der Waals surface area contributed by atoms with Crippen LogP contribution in [-0.2, 0) is 16.6 Å². The molecule has 1 heterocycles. The molecule has 1 aromatic heterocycles. The van der Waals surface area contributed by atoms with Gasteiger partial charge in [-0.25, -0.2) is 13.1 Å². The number of ether oxygens (including phenoxy) is 2. The van der Waals surface area contributed by atoms with E-state index in [1.54, 1.807) is 32.0 Å². The molecule has 0 aliphatic carbocycles. The van der Waals surface area contributed by atoms with E-state index >= 15 is 0 Å². The monoisotopic (exact) mass is 340 g/mol. The fourth-order valence-corrected chi connectivity index (χ4v) is 3.55. The molecule has 1 aromatic carbocycles. The third-order valence-corrected chi connectivity index (χ3v) is 4.88. The van der Waals surface area contributed by atoms with Crippen LogP contribution in [0.4, 0.5) is 0 Å². The SMILES string of the molecule is CCOc1ccc(CNS(=O)(=O)c2c(C)noc2C)cc1OC. The lowest BCUT2D eigenvalue weighted by Crippen LogP contribution is -2.24. The number of hydrogen-bond acceptors (Lipinski definition) is 6. The molecule has 0 fully saturated rings. The molecule has 7 nitrogen and oxygen atoms in total. The first-order chi connectivity index (χ1) is 10.9. The zero-order chi connectivity index (χ0) is 17.0. The van der Waals surface area contributed by atoms with Crippen molar-refractivity contribution in [1.82, 2.24) is 9.88 Å². The smallest absolute Gasteiger partial charge is 0.246 e. The molecule has 23 heavy (non-hydrogen) atoms. The summed E-state index contributed by atoms with van der Waals surface area (Å²) < 4.78 is 42.9. The Morgan fingerprint density at radius 2 is 2.00 bits per heavy atom. The molecule has 0 unspecified atom stereocenters. The molecule has 0 atom stereocenters. The number of hydrogen-bond donors (Lipinski definition) is 1. The van der Waals surface area contributed by atoms with Gasteiger partial charge in [0.2, 0.25) is 10.0 Å². The normalized spacial score (nSPS) is 11.5. The van der Waals surface area contributed by atoms with Crippen molar-refractivity contribution in [2.45, 2.75) is 32.2 Å². The van der Waals surface area contributed by atoms with Crippen LogP contribution >= 0.6 is 0 Å². The summed E-state index contributed by atoms with van der Waals surface area (Å²) in [7, 11) is -2.16. The van der Waals surface area contributed by atoms with Crippen molar-refractivity contribution in [3.8, 4) is 11.5 Å². The molecule has 0 amide bonds. The van der Waals surface area contributed by atoms with Crippen molar-refractivity contribution in [2.75, 3.05) is 13.7 Å². The highest BCUT2D eigenvalue weighted by molar-refractivity contribution is 7.89. The van der Waals surface area contributed by atoms with Gasteiger partial charge in [0.1, 0.15) is 10.6 Å². The molecule has 0 radical (unpaired) electrons. The highest BCUT2D eigenvalue weighted by Crippen LogP contribution is 2.28. The average Bonchev–Trinajstić information content (AvgIpc) is 2.86. The van der Waals surface area contributed by atoms with E-state index in [-0.39, 0.29) is 17.2 Å². The Balaban J connectivity index is 2.17. The minimum Gasteiger partial charge on any atom is -0.493 e. The zero-order valence-corrected chi connectivity index (χ0v) is 14.4.